The standard InChI is InChI=1S/C16H21Cl2N3O3S/c1-11(16(22)19-12-5-6-12)20-7-9-21(10-8-20)25(23,24)14-4-2-3-13(17)15(14)18/h2-4,11-12H,5-10H2,1H3,(H,19,22)/p+1/t11-/m0/s1. The van der Waals surface area contributed by atoms with Gasteiger partial charge in [-0.05, 0) is 31.9 Å². The van der Waals surface area contributed by atoms with Crippen LogP contribution in [0.25, 0.3) is 0 Å². The third-order valence-corrected chi connectivity index (χ3v) is 7.70. The minimum atomic E-state index is -3.69. The first-order chi connectivity index (χ1) is 11.8. The van der Waals surface area contributed by atoms with E-state index in [0.717, 1.165) is 17.7 Å². The van der Waals surface area contributed by atoms with E-state index in [2.05, 4.69) is 5.32 Å². The fourth-order valence-electron chi connectivity index (χ4n) is 3.01. The number of piperazine rings is 1. The van der Waals surface area contributed by atoms with Gasteiger partial charge in [0.1, 0.15) is 4.90 Å². The Hall–Kier alpha value is -0.860. The summed E-state index contributed by atoms with van der Waals surface area (Å²) in [5.41, 5.74) is 0. The number of rotatable bonds is 5. The maximum absolute atomic E-state index is 12.8. The smallest absolute Gasteiger partial charge is 0.278 e. The lowest BCUT2D eigenvalue weighted by atomic mass is 10.2. The predicted octanol–water partition coefficient (Wildman–Crippen LogP) is 0.550. The highest BCUT2D eigenvalue weighted by Crippen LogP contribution is 2.30. The van der Waals surface area contributed by atoms with Crippen LogP contribution in [0, 0.1) is 0 Å². The summed E-state index contributed by atoms with van der Waals surface area (Å²) in [6, 6.07) is 4.76. The highest BCUT2D eigenvalue weighted by Gasteiger charge is 2.36. The summed E-state index contributed by atoms with van der Waals surface area (Å²) in [5, 5.41) is 3.28. The van der Waals surface area contributed by atoms with Gasteiger partial charge in [-0.15, -0.1) is 0 Å². The Morgan fingerprint density at radius 2 is 1.92 bits per heavy atom. The Labute approximate surface area is 158 Å². The highest BCUT2D eigenvalue weighted by atomic mass is 35.5. The normalized spacial score (nSPS) is 21.1. The molecule has 1 aromatic rings. The summed E-state index contributed by atoms with van der Waals surface area (Å²) in [4.78, 5) is 13.3. The van der Waals surface area contributed by atoms with Crippen LogP contribution >= 0.6 is 23.2 Å². The van der Waals surface area contributed by atoms with Crippen molar-refractivity contribution in [2.45, 2.75) is 36.7 Å². The van der Waals surface area contributed by atoms with Gasteiger partial charge in [-0.1, -0.05) is 29.3 Å². The van der Waals surface area contributed by atoms with Crippen LogP contribution in [0.2, 0.25) is 10.0 Å². The molecule has 0 bridgehead atoms. The maximum Gasteiger partial charge on any atom is 0.278 e. The largest absolute Gasteiger partial charge is 0.348 e. The molecule has 1 heterocycles. The molecule has 1 saturated carbocycles. The van der Waals surface area contributed by atoms with Gasteiger partial charge in [0.05, 0.1) is 36.2 Å². The molecule has 0 radical (unpaired) electrons. The van der Waals surface area contributed by atoms with Crippen molar-refractivity contribution in [3.8, 4) is 0 Å². The Morgan fingerprint density at radius 1 is 1.28 bits per heavy atom. The second-order valence-electron chi connectivity index (χ2n) is 6.62. The van der Waals surface area contributed by atoms with Gasteiger partial charge in [0.25, 0.3) is 5.91 Å². The van der Waals surface area contributed by atoms with E-state index < -0.39 is 10.0 Å². The molecule has 2 N–H and O–H groups in total. The molecular formula is C16H22Cl2N3O3S+. The van der Waals surface area contributed by atoms with Gasteiger partial charge in [-0.2, -0.15) is 4.31 Å². The van der Waals surface area contributed by atoms with Crippen LogP contribution in [-0.2, 0) is 14.8 Å². The lowest BCUT2D eigenvalue weighted by Gasteiger charge is -2.34. The first-order valence-electron chi connectivity index (χ1n) is 8.40. The first-order valence-corrected chi connectivity index (χ1v) is 10.6. The van der Waals surface area contributed by atoms with Gasteiger partial charge in [-0.25, -0.2) is 8.42 Å². The first kappa shape index (κ1) is 18.9. The molecule has 1 saturated heterocycles. The number of quaternary nitrogens is 1. The molecule has 9 heteroatoms. The number of carbonyl (C=O) groups excluding carboxylic acids is 1. The summed E-state index contributed by atoms with van der Waals surface area (Å²) in [6.07, 6.45) is 2.11. The number of benzene rings is 1. The van der Waals surface area contributed by atoms with E-state index in [1.54, 1.807) is 12.1 Å². The topological polar surface area (TPSA) is 70.9 Å². The number of carbonyl (C=O) groups is 1. The van der Waals surface area contributed by atoms with Gasteiger partial charge in [0.15, 0.2) is 6.04 Å². The molecule has 138 valence electrons. The third kappa shape index (κ3) is 4.11. The van der Waals surface area contributed by atoms with Crippen LogP contribution in [-0.4, -0.2) is 56.9 Å². The minimum Gasteiger partial charge on any atom is -0.348 e. The van der Waals surface area contributed by atoms with Crippen LogP contribution in [0.3, 0.4) is 0 Å². The van der Waals surface area contributed by atoms with E-state index >= 15 is 0 Å². The number of hydrogen-bond donors (Lipinski definition) is 2. The second kappa shape index (κ2) is 7.40. The third-order valence-electron chi connectivity index (χ3n) is 4.83. The minimum absolute atomic E-state index is 0.0321. The molecule has 3 rings (SSSR count). The highest BCUT2D eigenvalue weighted by molar-refractivity contribution is 7.89. The van der Waals surface area contributed by atoms with Crippen LogP contribution in [0.15, 0.2) is 23.1 Å². The van der Waals surface area contributed by atoms with Crippen molar-refractivity contribution in [2.24, 2.45) is 0 Å². The summed E-state index contributed by atoms with van der Waals surface area (Å²) in [5.74, 6) is 0.0479. The lowest BCUT2D eigenvalue weighted by molar-refractivity contribution is -0.917. The van der Waals surface area contributed by atoms with Crippen LogP contribution in [0.4, 0.5) is 0 Å². The Bertz CT molecular complexity index is 760. The number of nitrogens with one attached hydrogen (secondary N) is 2. The SMILES string of the molecule is C[C@@H](C(=O)NC1CC1)[NH+]1CCN(S(=O)(=O)c2cccc(Cl)c2Cl)CC1. The Kier molecular flexibility index (Phi) is 5.60. The van der Waals surface area contributed by atoms with E-state index in [1.807, 2.05) is 6.92 Å². The van der Waals surface area contributed by atoms with Crippen molar-refractivity contribution >= 4 is 39.1 Å². The van der Waals surface area contributed by atoms with E-state index in [4.69, 9.17) is 23.2 Å². The summed E-state index contributed by atoms with van der Waals surface area (Å²) in [6.45, 7) is 3.75. The molecule has 1 aromatic carbocycles. The van der Waals surface area contributed by atoms with Gasteiger partial charge in [0.2, 0.25) is 10.0 Å². The number of sulfonamides is 1. The predicted molar refractivity (Wildman–Crippen MR) is 96.5 cm³/mol. The van der Waals surface area contributed by atoms with Crippen LogP contribution in [0.1, 0.15) is 19.8 Å². The second-order valence-corrected chi connectivity index (χ2v) is 9.31. The Balaban J connectivity index is 1.65. The Morgan fingerprint density at radius 3 is 2.52 bits per heavy atom. The average Bonchev–Trinajstić information content (AvgIpc) is 3.40. The molecule has 1 aliphatic carbocycles. The lowest BCUT2D eigenvalue weighted by Crippen LogP contribution is -3.19. The zero-order valence-electron chi connectivity index (χ0n) is 14.0. The van der Waals surface area contributed by atoms with Crippen molar-refractivity contribution in [3.63, 3.8) is 0 Å². The van der Waals surface area contributed by atoms with Crippen molar-refractivity contribution in [1.29, 1.82) is 0 Å². The average molecular weight is 407 g/mol. The fourth-order valence-corrected chi connectivity index (χ4v) is 5.19. The molecule has 0 unspecified atom stereocenters. The zero-order chi connectivity index (χ0) is 18.2. The number of halogens is 2. The molecule has 2 aliphatic rings. The van der Waals surface area contributed by atoms with E-state index in [9.17, 15) is 13.2 Å². The molecule has 25 heavy (non-hydrogen) atoms. The van der Waals surface area contributed by atoms with Crippen molar-refractivity contribution in [2.75, 3.05) is 26.2 Å². The molecule has 1 amide bonds. The quantitative estimate of drug-likeness (QED) is 0.749. The van der Waals surface area contributed by atoms with Crippen molar-refractivity contribution in [3.05, 3.63) is 28.2 Å². The van der Waals surface area contributed by atoms with Crippen molar-refractivity contribution < 1.29 is 18.1 Å². The van der Waals surface area contributed by atoms with E-state index in [-0.39, 0.29) is 26.9 Å². The van der Waals surface area contributed by atoms with Gasteiger partial charge < -0.3 is 10.2 Å². The molecule has 1 atom stereocenters. The van der Waals surface area contributed by atoms with E-state index in [1.165, 1.54) is 10.4 Å². The van der Waals surface area contributed by atoms with Crippen LogP contribution in [0.5, 0.6) is 0 Å². The number of amides is 1. The molecule has 0 aromatic heterocycles. The van der Waals surface area contributed by atoms with Gasteiger partial charge in [-0.3, -0.25) is 4.79 Å². The molecule has 2 fully saturated rings. The summed E-state index contributed by atoms with van der Waals surface area (Å²) >= 11 is 12.0. The molecule has 0 spiro atoms. The molecular weight excluding hydrogens is 385 g/mol. The number of hydrogen-bond acceptors (Lipinski definition) is 3. The number of nitrogens with zero attached hydrogens (tertiary/aromatic N) is 1. The molecule has 1 aliphatic heterocycles. The van der Waals surface area contributed by atoms with Gasteiger partial charge >= 0.3 is 0 Å². The zero-order valence-corrected chi connectivity index (χ0v) is 16.3. The van der Waals surface area contributed by atoms with Gasteiger partial charge in [0, 0.05) is 6.04 Å². The van der Waals surface area contributed by atoms with E-state index in [0.29, 0.717) is 32.2 Å². The van der Waals surface area contributed by atoms with Crippen molar-refractivity contribution in [1.82, 2.24) is 9.62 Å². The molecule has 6 nitrogen and oxygen atoms in total. The summed E-state index contributed by atoms with van der Waals surface area (Å²) < 4.78 is 27.1. The maximum atomic E-state index is 12.8. The monoisotopic (exact) mass is 406 g/mol. The fraction of sp³-hybridized carbons (Fsp3) is 0.562. The summed E-state index contributed by atoms with van der Waals surface area (Å²) in [7, 11) is -3.69. The van der Waals surface area contributed by atoms with Crippen LogP contribution < -0.4 is 10.2 Å².